The second-order valence-corrected chi connectivity index (χ2v) is 14.8. The number of carbonyl (C=O) groups is 5. The predicted octanol–water partition coefficient (Wildman–Crippen LogP) is 6.55. The third kappa shape index (κ3) is 10.5. The van der Waals surface area contributed by atoms with Gasteiger partial charge in [0.25, 0.3) is 11.8 Å². The van der Waals surface area contributed by atoms with Gasteiger partial charge in [-0.25, -0.2) is 0 Å². The summed E-state index contributed by atoms with van der Waals surface area (Å²) in [5, 5.41) is 11.6. The average Bonchev–Trinajstić information content (AvgIpc) is 3.26. The molecule has 0 unspecified atom stereocenters. The maximum absolute atomic E-state index is 14.4. The molecule has 11 heteroatoms. The van der Waals surface area contributed by atoms with Crippen molar-refractivity contribution < 1.29 is 24.0 Å². The SMILES string of the molecule is CC(C)[C@H](NC(=O)[C@H](Cc1ccccc1)NC(=O)c1ccccc1-c1ccccc1C(=O)N[C@@H](Cc1ccccc1)C(=O)Nc1ccccc1-c1ccccc1N)C(N)=O. The molecule has 0 bridgehead atoms. The van der Waals surface area contributed by atoms with Crippen molar-refractivity contribution in [1.29, 1.82) is 0 Å². The molecule has 0 spiro atoms. The van der Waals surface area contributed by atoms with Gasteiger partial charge in [0.15, 0.2) is 0 Å². The molecule has 6 rings (SSSR count). The van der Waals surface area contributed by atoms with E-state index in [0.29, 0.717) is 22.5 Å². The van der Waals surface area contributed by atoms with Gasteiger partial charge in [0.1, 0.15) is 18.1 Å². The van der Waals surface area contributed by atoms with Gasteiger partial charge in [-0.3, -0.25) is 24.0 Å². The Morgan fingerprint density at radius 2 is 0.900 bits per heavy atom. The van der Waals surface area contributed by atoms with Gasteiger partial charge in [-0.15, -0.1) is 0 Å². The largest absolute Gasteiger partial charge is 0.398 e. The molecule has 6 aromatic carbocycles. The van der Waals surface area contributed by atoms with Crippen LogP contribution < -0.4 is 32.7 Å². The maximum Gasteiger partial charge on any atom is 0.252 e. The smallest absolute Gasteiger partial charge is 0.252 e. The molecule has 8 N–H and O–H groups in total. The Kier molecular flexibility index (Phi) is 13.9. The lowest BCUT2D eigenvalue weighted by Gasteiger charge is -2.24. The predicted molar refractivity (Wildman–Crippen MR) is 236 cm³/mol. The number of nitrogen functional groups attached to an aromatic ring is 1. The number of hydrogen-bond acceptors (Lipinski definition) is 6. The fourth-order valence-electron chi connectivity index (χ4n) is 7.03. The standard InChI is InChI=1S/C49H48N6O5/c1-31(2)44(45(51)56)55-49(60)43(30-33-19-7-4-8-20-33)54-47(58)39-26-12-10-22-35(39)34-21-9-11-25-38(34)46(57)53-42(29-32-17-5-3-6-18-32)48(59)52-41-28-16-14-24-37(41)36-23-13-15-27-40(36)50/h3-28,31,42-44H,29-30,50H2,1-2H3,(H2,51,56)(H,52,59)(H,53,57)(H,54,58)(H,55,60)/t42-,43-,44-/m0/s1. The van der Waals surface area contributed by atoms with Crippen molar-refractivity contribution in [2.45, 2.75) is 44.8 Å². The minimum absolute atomic E-state index is 0.136. The molecule has 0 aliphatic carbocycles. The van der Waals surface area contributed by atoms with E-state index in [2.05, 4.69) is 21.3 Å². The van der Waals surface area contributed by atoms with Crippen LogP contribution in [0.1, 0.15) is 45.7 Å². The molecule has 0 aliphatic rings. The Labute approximate surface area is 349 Å². The van der Waals surface area contributed by atoms with Gasteiger partial charge in [0.05, 0.1) is 0 Å². The van der Waals surface area contributed by atoms with Crippen molar-refractivity contribution in [2.75, 3.05) is 11.1 Å². The van der Waals surface area contributed by atoms with Crippen molar-refractivity contribution in [1.82, 2.24) is 16.0 Å². The van der Waals surface area contributed by atoms with Crippen LogP contribution in [0.25, 0.3) is 22.3 Å². The van der Waals surface area contributed by atoms with Crippen LogP contribution in [0, 0.1) is 5.92 Å². The van der Waals surface area contributed by atoms with Crippen LogP contribution in [0.4, 0.5) is 11.4 Å². The van der Waals surface area contributed by atoms with Crippen LogP contribution >= 0.6 is 0 Å². The summed E-state index contributed by atoms with van der Waals surface area (Å²) in [5.41, 5.74) is 17.4. The van der Waals surface area contributed by atoms with Crippen LogP contribution in [0.15, 0.2) is 158 Å². The van der Waals surface area contributed by atoms with Gasteiger partial charge < -0.3 is 32.7 Å². The van der Waals surface area contributed by atoms with E-state index in [9.17, 15) is 24.0 Å². The quantitative estimate of drug-likeness (QED) is 0.0603. The second kappa shape index (κ2) is 19.8. The van der Waals surface area contributed by atoms with Crippen molar-refractivity contribution in [3.05, 3.63) is 180 Å². The van der Waals surface area contributed by atoms with Gasteiger partial charge in [0.2, 0.25) is 17.7 Å². The molecule has 304 valence electrons. The number of primary amides is 1. The van der Waals surface area contributed by atoms with Crippen LogP contribution in [0.2, 0.25) is 0 Å². The van der Waals surface area contributed by atoms with E-state index >= 15 is 0 Å². The first kappa shape index (κ1) is 42.1. The van der Waals surface area contributed by atoms with E-state index < -0.39 is 47.7 Å². The minimum atomic E-state index is -1.08. The Hall–Kier alpha value is -7.53. The lowest BCUT2D eigenvalue weighted by atomic mass is 9.93. The zero-order valence-electron chi connectivity index (χ0n) is 33.4. The fraction of sp³-hybridized carbons (Fsp3) is 0.163. The first-order chi connectivity index (χ1) is 29.0. The summed E-state index contributed by atoms with van der Waals surface area (Å²) in [5.74, 6) is -3.09. The van der Waals surface area contributed by atoms with Crippen LogP contribution in [0.5, 0.6) is 0 Å². The van der Waals surface area contributed by atoms with Gasteiger partial charge in [-0.2, -0.15) is 0 Å². The molecular weight excluding hydrogens is 753 g/mol. The van der Waals surface area contributed by atoms with E-state index in [1.807, 2.05) is 97.1 Å². The summed E-state index contributed by atoms with van der Waals surface area (Å²) < 4.78 is 0. The minimum Gasteiger partial charge on any atom is -0.398 e. The van der Waals surface area contributed by atoms with Gasteiger partial charge in [-0.05, 0) is 52.4 Å². The molecule has 0 fully saturated rings. The average molecular weight is 801 g/mol. The van der Waals surface area contributed by atoms with E-state index in [1.165, 1.54) is 0 Å². The van der Waals surface area contributed by atoms with Gasteiger partial charge >= 0.3 is 0 Å². The molecule has 60 heavy (non-hydrogen) atoms. The first-order valence-electron chi connectivity index (χ1n) is 19.7. The number of anilines is 2. The summed E-state index contributed by atoms with van der Waals surface area (Å²) in [6, 6.07) is 43.8. The molecular formula is C49H48N6O5. The molecule has 0 saturated heterocycles. The summed E-state index contributed by atoms with van der Waals surface area (Å²) in [7, 11) is 0. The Balaban J connectivity index is 1.29. The number of nitrogens with one attached hydrogen (secondary N) is 4. The summed E-state index contributed by atoms with van der Waals surface area (Å²) in [6.07, 6.45) is 0.324. The maximum atomic E-state index is 14.4. The molecule has 0 radical (unpaired) electrons. The van der Waals surface area contributed by atoms with Gasteiger partial charge in [-0.1, -0.05) is 147 Å². The van der Waals surface area contributed by atoms with Crippen molar-refractivity contribution in [2.24, 2.45) is 11.7 Å². The van der Waals surface area contributed by atoms with E-state index in [4.69, 9.17) is 11.5 Å². The highest BCUT2D eigenvalue weighted by atomic mass is 16.2. The number of rotatable bonds is 16. The lowest BCUT2D eigenvalue weighted by Crippen LogP contribution is -2.55. The summed E-state index contributed by atoms with van der Waals surface area (Å²) in [6.45, 7) is 3.53. The zero-order valence-corrected chi connectivity index (χ0v) is 33.4. The Morgan fingerprint density at radius 1 is 0.483 bits per heavy atom. The molecule has 6 aromatic rings. The Morgan fingerprint density at radius 3 is 1.38 bits per heavy atom. The number of benzene rings is 6. The molecule has 11 nitrogen and oxygen atoms in total. The van der Waals surface area contributed by atoms with E-state index in [0.717, 1.165) is 22.3 Å². The summed E-state index contributed by atoms with van der Waals surface area (Å²) >= 11 is 0. The molecule has 0 aliphatic heterocycles. The number of amides is 5. The van der Waals surface area contributed by atoms with Gasteiger partial charge in [0, 0.05) is 46.5 Å². The molecule has 0 heterocycles. The third-order valence-corrected chi connectivity index (χ3v) is 10.1. The molecule has 0 aromatic heterocycles. The molecule has 0 saturated carbocycles. The molecule has 5 amide bonds. The van der Waals surface area contributed by atoms with E-state index in [-0.39, 0.29) is 29.9 Å². The van der Waals surface area contributed by atoms with Crippen molar-refractivity contribution in [3.8, 4) is 22.3 Å². The highest BCUT2D eigenvalue weighted by Gasteiger charge is 2.30. The summed E-state index contributed by atoms with van der Waals surface area (Å²) in [4.78, 5) is 68.8. The number of hydrogen-bond donors (Lipinski definition) is 6. The van der Waals surface area contributed by atoms with Crippen molar-refractivity contribution >= 4 is 40.9 Å². The number of nitrogens with two attached hydrogens (primary N) is 2. The lowest BCUT2D eigenvalue weighted by molar-refractivity contribution is -0.129. The van der Waals surface area contributed by atoms with Crippen LogP contribution in [-0.4, -0.2) is 47.7 Å². The fourth-order valence-corrected chi connectivity index (χ4v) is 7.03. The second-order valence-electron chi connectivity index (χ2n) is 14.8. The zero-order chi connectivity index (χ0) is 42.6. The topological polar surface area (TPSA) is 186 Å². The highest BCUT2D eigenvalue weighted by molar-refractivity contribution is 6.09. The highest BCUT2D eigenvalue weighted by Crippen LogP contribution is 2.32. The number of carbonyl (C=O) groups excluding carboxylic acids is 5. The normalized spacial score (nSPS) is 12.4. The molecule has 3 atom stereocenters. The Bertz CT molecular complexity index is 2470. The van der Waals surface area contributed by atoms with Crippen LogP contribution in [-0.2, 0) is 27.2 Å². The van der Waals surface area contributed by atoms with Crippen LogP contribution in [0.3, 0.4) is 0 Å². The van der Waals surface area contributed by atoms with Crippen molar-refractivity contribution in [3.63, 3.8) is 0 Å². The number of para-hydroxylation sites is 2. The monoisotopic (exact) mass is 800 g/mol. The first-order valence-corrected chi connectivity index (χ1v) is 19.7. The third-order valence-electron chi connectivity index (χ3n) is 10.1. The van der Waals surface area contributed by atoms with E-state index in [1.54, 1.807) is 74.5 Å².